The molecule has 0 radical (unpaired) electrons. The predicted molar refractivity (Wildman–Crippen MR) is 107 cm³/mol. The van der Waals surface area contributed by atoms with Crippen LogP contribution in [0.25, 0.3) is 22.2 Å². The van der Waals surface area contributed by atoms with E-state index in [0.717, 1.165) is 27.9 Å². The zero-order chi connectivity index (χ0) is 18.2. The third-order valence-corrected chi connectivity index (χ3v) is 5.43. The van der Waals surface area contributed by atoms with Crippen molar-refractivity contribution in [3.05, 3.63) is 71.5 Å². The number of carbonyl (C=O) groups is 1. The molecule has 1 fully saturated rings. The van der Waals surface area contributed by atoms with E-state index in [2.05, 4.69) is 15.3 Å². The van der Waals surface area contributed by atoms with Crippen LogP contribution in [0.1, 0.15) is 34.8 Å². The molecule has 3 heterocycles. The van der Waals surface area contributed by atoms with E-state index < -0.39 is 0 Å². The molecule has 5 nitrogen and oxygen atoms in total. The molecule has 27 heavy (non-hydrogen) atoms. The van der Waals surface area contributed by atoms with Crippen LogP contribution in [0.4, 0.5) is 5.13 Å². The summed E-state index contributed by atoms with van der Waals surface area (Å²) in [6, 6.07) is 13.3. The monoisotopic (exact) mass is 372 g/mol. The van der Waals surface area contributed by atoms with E-state index in [-0.39, 0.29) is 5.91 Å². The number of para-hydroxylation sites is 1. The molecule has 1 aliphatic rings. The second kappa shape index (κ2) is 6.55. The first kappa shape index (κ1) is 16.1. The van der Waals surface area contributed by atoms with Crippen molar-refractivity contribution in [2.45, 2.75) is 18.8 Å². The number of hydrogen-bond acceptors (Lipinski definition) is 5. The van der Waals surface area contributed by atoms with Crippen molar-refractivity contribution >= 4 is 33.3 Å². The largest absolute Gasteiger partial charge is 0.298 e. The van der Waals surface area contributed by atoms with Gasteiger partial charge in [0, 0.05) is 34.6 Å². The molecular weight excluding hydrogens is 356 g/mol. The number of anilines is 1. The number of thiazole rings is 1. The molecule has 5 rings (SSSR count). The van der Waals surface area contributed by atoms with Gasteiger partial charge in [-0.1, -0.05) is 18.2 Å². The van der Waals surface area contributed by atoms with Gasteiger partial charge in [-0.25, -0.2) is 9.97 Å². The van der Waals surface area contributed by atoms with Gasteiger partial charge in [0.2, 0.25) is 0 Å². The molecule has 0 spiro atoms. The lowest BCUT2D eigenvalue weighted by Gasteiger charge is -2.09. The van der Waals surface area contributed by atoms with Crippen molar-refractivity contribution < 1.29 is 4.79 Å². The van der Waals surface area contributed by atoms with E-state index >= 15 is 0 Å². The number of rotatable bonds is 4. The van der Waals surface area contributed by atoms with Crippen molar-refractivity contribution in [1.82, 2.24) is 15.0 Å². The Bertz CT molecular complexity index is 1140. The van der Waals surface area contributed by atoms with Crippen LogP contribution in [-0.2, 0) is 0 Å². The SMILES string of the molecule is O=C(Nc1nc(C2CC2)cs1)c1cc(-c2cccnc2)nc2ccccc12. The Hall–Kier alpha value is -3.12. The number of amides is 1. The molecule has 1 saturated carbocycles. The number of benzene rings is 1. The van der Waals surface area contributed by atoms with Crippen molar-refractivity contribution in [3.63, 3.8) is 0 Å². The molecule has 0 unspecified atom stereocenters. The fraction of sp³-hybridized carbons (Fsp3) is 0.143. The van der Waals surface area contributed by atoms with E-state index in [1.165, 1.54) is 24.2 Å². The number of nitrogens with zero attached hydrogens (tertiary/aromatic N) is 3. The summed E-state index contributed by atoms with van der Waals surface area (Å²) in [6.45, 7) is 0. The Kier molecular flexibility index (Phi) is 3.90. The predicted octanol–water partition coefficient (Wildman–Crippen LogP) is 4.88. The van der Waals surface area contributed by atoms with Crippen LogP contribution in [-0.4, -0.2) is 20.9 Å². The summed E-state index contributed by atoms with van der Waals surface area (Å²) < 4.78 is 0. The number of nitrogens with one attached hydrogen (secondary N) is 1. The van der Waals surface area contributed by atoms with Crippen molar-refractivity contribution in [3.8, 4) is 11.3 Å². The highest BCUT2D eigenvalue weighted by Gasteiger charge is 2.26. The lowest BCUT2D eigenvalue weighted by atomic mass is 10.0. The normalized spacial score (nSPS) is 13.6. The van der Waals surface area contributed by atoms with Crippen LogP contribution < -0.4 is 5.32 Å². The van der Waals surface area contributed by atoms with Gasteiger partial charge < -0.3 is 0 Å². The molecule has 132 valence electrons. The number of fused-ring (bicyclic) bond motifs is 1. The lowest BCUT2D eigenvalue weighted by Crippen LogP contribution is -2.13. The Morgan fingerprint density at radius 3 is 2.81 bits per heavy atom. The fourth-order valence-electron chi connectivity index (χ4n) is 3.10. The Morgan fingerprint density at radius 2 is 2.00 bits per heavy atom. The number of carbonyl (C=O) groups excluding carboxylic acids is 1. The average Bonchev–Trinajstić information content (AvgIpc) is 3.47. The summed E-state index contributed by atoms with van der Waals surface area (Å²) in [5.41, 5.74) is 4.06. The molecule has 0 bridgehead atoms. The third-order valence-electron chi connectivity index (χ3n) is 4.66. The molecule has 1 amide bonds. The standard InChI is InChI=1S/C21H16N4OS/c26-20(25-21-24-19(12-27-21)13-7-8-13)16-10-18(14-4-3-9-22-11-14)23-17-6-2-1-5-15(16)17/h1-6,9-13H,7-8H2,(H,24,25,26). The topological polar surface area (TPSA) is 67.8 Å². The summed E-state index contributed by atoms with van der Waals surface area (Å²) in [4.78, 5) is 26.4. The quantitative estimate of drug-likeness (QED) is 0.554. The summed E-state index contributed by atoms with van der Waals surface area (Å²) in [5, 5.41) is 6.46. The summed E-state index contributed by atoms with van der Waals surface area (Å²) >= 11 is 1.48. The number of hydrogen-bond donors (Lipinski definition) is 1. The molecule has 1 N–H and O–H groups in total. The maximum Gasteiger partial charge on any atom is 0.258 e. The Morgan fingerprint density at radius 1 is 1.11 bits per heavy atom. The van der Waals surface area contributed by atoms with Crippen LogP contribution in [0.3, 0.4) is 0 Å². The molecule has 3 aromatic heterocycles. The van der Waals surface area contributed by atoms with Gasteiger partial charge in [0.05, 0.1) is 22.5 Å². The highest BCUT2D eigenvalue weighted by atomic mass is 32.1. The van der Waals surface area contributed by atoms with Crippen LogP contribution in [0.5, 0.6) is 0 Å². The molecule has 0 saturated heterocycles. The minimum atomic E-state index is -0.171. The second-order valence-electron chi connectivity index (χ2n) is 6.62. The summed E-state index contributed by atoms with van der Waals surface area (Å²) in [6.07, 6.45) is 5.86. The van der Waals surface area contributed by atoms with Crippen LogP contribution in [0, 0.1) is 0 Å². The molecule has 0 aliphatic heterocycles. The molecule has 6 heteroatoms. The van der Waals surface area contributed by atoms with E-state index in [4.69, 9.17) is 4.98 Å². The van der Waals surface area contributed by atoms with Gasteiger partial charge >= 0.3 is 0 Å². The van der Waals surface area contributed by atoms with Gasteiger partial charge in [-0.3, -0.25) is 15.1 Å². The van der Waals surface area contributed by atoms with Gasteiger partial charge in [-0.05, 0) is 37.1 Å². The van der Waals surface area contributed by atoms with Gasteiger partial charge in [-0.15, -0.1) is 11.3 Å². The Labute approximate surface area is 160 Å². The molecule has 1 aliphatic carbocycles. The zero-order valence-corrected chi connectivity index (χ0v) is 15.2. The van der Waals surface area contributed by atoms with Crippen molar-refractivity contribution in [2.75, 3.05) is 5.32 Å². The third kappa shape index (κ3) is 3.19. The first-order valence-electron chi connectivity index (χ1n) is 8.85. The molecular formula is C21H16N4OS. The van der Waals surface area contributed by atoms with E-state index in [1.54, 1.807) is 12.4 Å². The van der Waals surface area contributed by atoms with Crippen LogP contribution in [0.15, 0.2) is 60.2 Å². The highest BCUT2D eigenvalue weighted by Crippen LogP contribution is 2.41. The van der Waals surface area contributed by atoms with Crippen molar-refractivity contribution in [2.24, 2.45) is 0 Å². The van der Waals surface area contributed by atoms with Gasteiger partial charge in [0.25, 0.3) is 5.91 Å². The summed E-state index contributed by atoms with van der Waals surface area (Å²) in [5.74, 6) is 0.404. The lowest BCUT2D eigenvalue weighted by molar-refractivity contribution is 0.102. The van der Waals surface area contributed by atoms with Gasteiger partial charge in [0.1, 0.15) is 0 Å². The maximum atomic E-state index is 13.0. The van der Waals surface area contributed by atoms with E-state index in [0.29, 0.717) is 16.6 Å². The zero-order valence-electron chi connectivity index (χ0n) is 14.4. The van der Waals surface area contributed by atoms with Crippen LogP contribution >= 0.6 is 11.3 Å². The minimum absolute atomic E-state index is 0.171. The van der Waals surface area contributed by atoms with Gasteiger partial charge in [0.15, 0.2) is 5.13 Å². The Balaban J connectivity index is 1.54. The second-order valence-corrected chi connectivity index (χ2v) is 7.48. The summed E-state index contributed by atoms with van der Waals surface area (Å²) in [7, 11) is 0. The average molecular weight is 372 g/mol. The molecule has 1 aromatic carbocycles. The molecule has 0 atom stereocenters. The fourth-order valence-corrected chi connectivity index (χ4v) is 3.89. The number of pyridine rings is 2. The molecule has 4 aromatic rings. The van der Waals surface area contributed by atoms with E-state index in [1.807, 2.05) is 47.8 Å². The maximum absolute atomic E-state index is 13.0. The van der Waals surface area contributed by atoms with Crippen molar-refractivity contribution in [1.29, 1.82) is 0 Å². The minimum Gasteiger partial charge on any atom is -0.298 e. The van der Waals surface area contributed by atoms with Crippen LogP contribution in [0.2, 0.25) is 0 Å². The van der Waals surface area contributed by atoms with Gasteiger partial charge in [-0.2, -0.15) is 0 Å². The van der Waals surface area contributed by atoms with E-state index in [9.17, 15) is 4.79 Å². The smallest absolute Gasteiger partial charge is 0.258 e. The number of aromatic nitrogens is 3. The first-order chi connectivity index (χ1) is 13.3. The first-order valence-corrected chi connectivity index (χ1v) is 9.73. The highest BCUT2D eigenvalue weighted by molar-refractivity contribution is 7.14.